The summed E-state index contributed by atoms with van der Waals surface area (Å²) in [6.45, 7) is 2.67. The van der Waals surface area contributed by atoms with Gasteiger partial charge >= 0.3 is 0 Å². The van der Waals surface area contributed by atoms with Crippen LogP contribution >= 0.6 is 15.9 Å². The fraction of sp³-hybridized carbons (Fsp3) is 0.188. The van der Waals surface area contributed by atoms with Crippen LogP contribution in [0.5, 0.6) is 5.75 Å². The van der Waals surface area contributed by atoms with Gasteiger partial charge in [0.1, 0.15) is 5.75 Å². The molecule has 0 unspecified atom stereocenters. The van der Waals surface area contributed by atoms with Crippen LogP contribution in [0, 0.1) is 6.92 Å². The van der Waals surface area contributed by atoms with Crippen molar-refractivity contribution >= 4 is 21.7 Å². The Balaban J connectivity index is 2.00. The number of benzene rings is 2. The molecule has 1 heterocycles. The van der Waals surface area contributed by atoms with Gasteiger partial charge in [-0.1, -0.05) is 15.9 Å². The van der Waals surface area contributed by atoms with E-state index in [1.165, 1.54) is 0 Å². The number of ketones is 1. The molecule has 0 radical (unpaired) electrons. The lowest BCUT2D eigenvalue weighted by atomic mass is 9.97. The Morgan fingerprint density at radius 2 is 2.05 bits per heavy atom. The van der Waals surface area contributed by atoms with E-state index in [9.17, 15) is 4.79 Å². The molecule has 2 aromatic carbocycles. The van der Waals surface area contributed by atoms with E-state index >= 15 is 0 Å². The Hall–Kier alpha value is -1.61. The number of rotatable bonds is 2. The number of fused-ring (bicyclic) bond motifs is 1. The van der Waals surface area contributed by atoms with Gasteiger partial charge in [-0.05, 0) is 54.4 Å². The van der Waals surface area contributed by atoms with Gasteiger partial charge in [-0.2, -0.15) is 0 Å². The van der Waals surface area contributed by atoms with Crippen molar-refractivity contribution in [2.45, 2.75) is 13.3 Å². The van der Waals surface area contributed by atoms with Crippen LogP contribution in [-0.4, -0.2) is 12.4 Å². The number of aryl methyl sites for hydroxylation is 1. The van der Waals surface area contributed by atoms with Crippen LogP contribution in [0.25, 0.3) is 0 Å². The molecule has 0 aromatic heterocycles. The molecule has 0 bridgehead atoms. The van der Waals surface area contributed by atoms with Crippen molar-refractivity contribution in [3.63, 3.8) is 0 Å². The minimum Gasteiger partial charge on any atom is -0.493 e. The maximum Gasteiger partial charge on any atom is 0.193 e. The number of carbonyl (C=O) groups is 1. The van der Waals surface area contributed by atoms with Gasteiger partial charge in [-0.15, -0.1) is 0 Å². The first-order valence-electron chi connectivity index (χ1n) is 6.22. The molecule has 2 aromatic rings. The van der Waals surface area contributed by atoms with Crippen LogP contribution in [0.3, 0.4) is 0 Å². The van der Waals surface area contributed by atoms with Crippen LogP contribution in [0.15, 0.2) is 40.9 Å². The van der Waals surface area contributed by atoms with Crippen molar-refractivity contribution in [2.75, 3.05) is 6.61 Å². The Morgan fingerprint density at radius 1 is 1.21 bits per heavy atom. The molecule has 3 heteroatoms. The maximum atomic E-state index is 12.5. The van der Waals surface area contributed by atoms with Crippen molar-refractivity contribution in [3.05, 3.63) is 63.1 Å². The molecule has 0 fully saturated rings. The van der Waals surface area contributed by atoms with Gasteiger partial charge in [0, 0.05) is 22.0 Å². The van der Waals surface area contributed by atoms with Crippen LogP contribution < -0.4 is 4.74 Å². The Morgan fingerprint density at radius 3 is 2.84 bits per heavy atom. The average molecular weight is 317 g/mol. The predicted octanol–water partition coefficient (Wildman–Crippen LogP) is 3.92. The van der Waals surface area contributed by atoms with E-state index in [0.29, 0.717) is 6.61 Å². The van der Waals surface area contributed by atoms with Gasteiger partial charge in [-0.25, -0.2) is 0 Å². The first-order chi connectivity index (χ1) is 9.15. The summed E-state index contributed by atoms with van der Waals surface area (Å²) in [7, 11) is 0. The van der Waals surface area contributed by atoms with Crippen molar-refractivity contribution in [2.24, 2.45) is 0 Å². The number of hydrogen-bond acceptors (Lipinski definition) is 2. The summed E-state index contributed by atoms with van der Waals surface area (Å²) in [5, 5.41) is 0. The second kappa shape index (κ2) is 4.82. The van der Waals surface area contributed by atoms with E-state index in [1.54, 1.807) is 0 Å². The average Bonchev–Trinajstić information content (AvgIpc) is 2.85. The van der Waals surface area contributed by atoms with Gasteiger partial charge in [0.25, 0.3) is 0 Å². The first-order valence-corrected chi connectivity index (χ1v) is 7.01. The topological polar surface area (TPSA) is 26.3 Å². The van der Waals surface area contributed by atoms with E-state index in [0.717, 1.165) is 38.9 Å². The van der Waals surface area contributed by atoms with Crippen LogP contribution in [0.4, 0.5) is 0 Å². The quantitative estimate of drug-likeness (QED) is 0.785. The predicted molar refractivity (Wildman–Crippen MR) is 78.0 cm³/mol. The van der Waals surface area contributed by atoms with E-state index in [2.05, 4.69) is 15.9 Å². The summed E-state index contributed by atoms with van der Waals surface area (Å²) in [5.74, 6) is 0.976. The zero-order valence-corrected chi connectivity index (χ0v) is 12.2. The van der Waals surface area contributed by atoms with E-state index < -0.39 is 0 Å². The molecule has 0 amide bonds. The lowest BCUT2D eigenvalue weighted by Crippen LogP contribution is -2.04. The Bertz CT molecular complexity index is 662. The molecule has 96 valence electrons. The third-order valence-electron chi connectivity index (χ3n) is 3.38. The van der Waals surface area contributed by atoms with Crippen molar-refractivity contribution in [1.82, 2.24) is 0 Å². The van der Waals surface area contributed by atoms with Gasteiger partial charge in [0.2, 0.25) is 0 Å². The minimum absolute atomic E-state index is 0.0692. The fourth-order valence-corrected chi connectivity index (χ4v) is 2.84. The molecule has 1 aliphatic heterocycles. The molecule has 0 N–H and O–H groups in total. The first kappa shape index (κ1) is 12.4. The largest absolute Gasteiger partial charge is 0.493 e. The van der Waals surface area contributed by atoms with E-state index in [1.807, 2.05) is 43.3 Å². The molecule has 0 aliphatic carbocycles. The van der Waals surface area contributed by atoms with E-state index in [4.69, 9.17) is 4.74 Å². The molecule has 2 nitrogen and oxygen atoms in total. The summed E-state index contributed by atoms with van der Waals surface area (Å²) in [5.41, 5.74) is 3.59. The van der Waals surface area contributed by atoms with Crippen LogP contribution in [0.2, 0.25) is 0 Å². The summed E-state index contributed by atoms with van der Waals surface area (Å²) < 4.78 is 6.45. The number of carbonyl (C=O) groups excluding carboxylic acids is 1. The highest BCUT2D eigenvalue weighted by molar-refractivity contribution is 9.10. The SMILES string of the molecule is Cc1cc(Br)ccc1C(=O)c1ccc2c(c1)CCO2. The summed E-state index contributed by atoms with van der Waals surface area (Å²) in [4.78, 5) is 12.5. The molecular formula is C16H13BrO2. The number of ether oxygens (including phenoxy) is 1. The summed E-state index contributed by atoms with van der Waals surface area (Å²) >= 11 is 3.41. The highest BCUT2D eigenvalue weighted by atomic mass is 79.9. The third-order valence-corrected chi connectivity index (χ3v) is 3.88. The number of halogens is 1. The highest BCUT2D eigenvalue weighted by Gasteiger charge is 2.17. The van der Waals surface area contributed by atoms with Crippen molar-refractivity contribution in [3.8, 4) is 5.75 Å². The van der Waals surface area contributed by atoms with Crippen LogP contribution in [-0.2, 0) is 6.42 Å². The third kappa shape index (κ3) is 2.30. The number of hydrogen-bond donors (Lipinski definition) is 0. The normalized spacial score (nSPS) is 12.9. The molecule has 3 rings (SSSR count). The van der Waals surface area contributed by atoms with Gasteiger partial charge in [0.05, 0.1) is 6.61 Å². The Kier molecular flexibility index (Phi) is 3.15. The smallest absolute Gasteiger partial charge is 0.193 e. The van der Waals surface area contributed by atoms with Crippen molar-refractivity contribution in [1.29, 1.82) is 0 Å². The Labute approximate surface area is 120 Å². The molecule has 0 saturated carbocycles. The second-order valence-electron chi connectivity index (χ2n) is 4.71. The molecule has 0 spiro atoms. The zero-order chi connectivity index (χ0) is 13.4. The van der Waals surface area contributed by atoms with E-state index in [-0.39, 0.29) is 5.78 Å². The van der Waals surface area contributed by atoms with Crippen molar-refractivity contribution < 1.29 is 9.53 Å². The molecule has 1 aliphatic rings. The molecule has 0 saturated heterocycles. The summed E-state index contributed by atoms with van der Waals surface area (Å²) in [6, 6.07) is 11.4. The summed E-state index contributed by atoms with van der Waals surface area (Å²) in [6.07, 6.45) is 0.885. The fourth-order valence-electron chi connectivity index (χ4n) is 2.37. The molecule has 19 heavy (non-hydrogen) atoms. The second-order valence-corrected chi connectivity index (χ2v) is 5.63. The molecule has 0 atom stereocenters. The lowest BCUT2D eigenvalue weighted by molar-refractivity contribution is 0.103. The highest BCUT2D eigenvalue weighted by Crippen LogP contribution is 2.27. The van der Waals surface area contributed by atoms with Gasteiger partial charge < -0.3 is 4.74 Å². The van der Waals surface area contributed by atoms with Gasteiger partial charge in [-0.3, -0.25) is 4.79 Å². The zero-order valence-electron chi connectivity index (χ0n) is 10.6. The van der Waals surface area contributed by atoms with Crippen LogP contribution in [0.1, 0.15) is 27.0 Å². The standard InChI is InChI=1S/C16H13BrO2/c1-10-8-13(17)3-4-14(10)16(18)12-2-5-15-11(9-12)6-7-19-15/h2-5,8-9H,6-7H2,1H3. The maximum absolute atomic E-state index is 12.5. The monoisotopic (exact) mass is 316 g/mol. The molecular weight excluding hydrogens is 304 g/mol. The minimum atomic E-state index is 0.0692. The lowest BCUT2D eigenvalue weighted by Gasteiger charge is -2.07. The van der Waals surface area contributed by atoms with Gasteiger partial charge in [0.15, 0.2) is 5.78 Å².